The van der Waals surface area contributed by atoms with E-state index in [1.54, 1.807) is 32.5 Å². The summed E-state index contributed by atoms with van der Waals surface area (Å²) in [6, 6.07) is 3.21. The van der Waals surface area contributed by atoms with Crippen LogP contribution in [0, 0.1) is 0 Å². The maximum absolute atomic E-state index is 12.5. The standard InChI is InChI=1S/C13H23N3O3S/c1-4-8-14-13-12(7-5-9-15-13)20(17,18)16(2)10-6-11-19-3/h5,7,9H,4,6,8,10-11H2,1-3H3,(H,14,15). The predicted octanol–water partition coefficient (Wildman–Crippen LogP) is 1.56. The first kappa shape index (κ1) is 16.9. The van der Waals surface area contributed by atoms with Gasteiger partial charge in [-0.05, 0) is 25.0 Å². The molecule has 20 heavy (non-hydrogen) atoms. The van der Waals surface area contributed by atoms with Gasteiger partial charge in [0.05, 0.1) is 0 Å². The van der Waals surface area contributed by atoms with Crippen molar-refractivity contribution in [2.24, 2.45) is 0 Å². The van der Waals surface area contributed by atoms with Gasteiger partial charge in [0.1, 0.15) is 10.7 Å². The van der Waals surface area contributed by atoms with Crippen LogP contribution >= 0.6 is 0 Å². The molecule has 7 heteroatoms. The number of nitrogens with zero attached hydrogens (tertiary/aromatic N) is 2. The second-order valence-electron chi connectivity index (χ2n) is 4.45. The third-order valence-electron chi connectivity index (χ3n) is 2.82. The van der Waals surface area contributed by atoms with E-state index in [4.69, 9.17) is 4.74 Å². The molecule has 1 rings (SSSR count). The summed E-state index contributed by atoms with van der Waals surface area (Å²) in [4.78, 5) is 4.34. The maximum Gasteiger partial charge on any atom is 0.246 e. The summed E-state index contributed by atoms with van der Waals surface area (Å²) in [5, 5.41) is 3.05. The van der Waals surface area contributed by atoms with Gasteiger partial charge in [-0.3, -0.25) is 0 Å². The molecule has 6 nitrogen and oxygen atoms in total. The molecule has 1 aromatic heterocycles. The summed E-state index contributed by atoms with van der Waals surface area (Å²) in [7, 11) is -0.357. The first-order valence-corrected chi connectivity index (χ1v) is 8.12. The fourth-order valence-electron chi connectivity index (χ4n) is 1.69. The van der Waals surface area contributed by atoms with E-state index in [-0.39, 0.29) is 4.90 Å². The predicted molar refractivity (Wildman–Crippen MR) is 79.3 cm³/mol. The Bertz CT molecular complexity index is 505. The van der Waals surface area contributed by atoms with Gasteiger partial charge in [0.2, 0.25) is 10.0 Å². The number of hydrogen-bond acceptors (Lipinski definition) is 5. The molecular formula is C13H23N3O3S. The molecule has 0 fully saturated rings. The zero-order valence-corrected chi connectivity index (χ0v) is 13.1. The first-order chi connectivity index (χ1) is 9.54. The summed E-state index contributed by atoms with van der Waals surface area (Å²) in [6.45, 7) is 3.65. The molecule has 0 aliphatic carbocycles. The molecule has 0 spiro atoms. The van der Waals surface area contributed by atoms with Crippen molar-refractivity contribution in [3.63, 3.8) is 0 Å². The normalized spacial score (nSPS) is 11.8. The number of pyridine rings is 1. The molecule has 1 heterocycles. The number of rotatable bonds is 9. The Balaban J connectivity index is 2.90. The Kier molecular flexibility index (Phi) is 6.90. The van der Waals surface area contributed by atoms with Crippen molar-refractivity contribution < 1.29 is 13.2 Å². The van der Waals surface area contributed by atoms with Crippen LogP contribution in [0.15, 0.2) is 23.2 Å². The summed E-state index contributed by atoms with van der Waals surface area (Å²) in [5.41, 5.74) is 0. The van der Waals surface area contributed by atoms with Gasteiger partial charge in [-0.25, -0.2) is 17.7 Å². The van der Waals surface area contributed by atoms with Gasteiger partial charge >= 0.3 is 0 Å². The fraction of sp³-hybridized carbons (Fsp3) is 0.615. The van der Waals surface area contributed by atoms with Gasteiger partial charge in [0, 0.05) is 40.1 Å². The van der Waals surface area contributed by atoms with Crippen LogP contribution in [0.2, 0.25) is 0 Å². The summed E-state index contributed by atoms with van der Waals surface area (Å²) in [5.74, 6) is 0.410. The Labute approximate surface area is 121 Å². The minimum Gasteiger partial charge on any atom is -0.385 e. The molecular weight excluding hydrogens is 278 g/mol. The number of hydrogen-bond donors (Lipinski definition) is 1. The number of sulfonamides is 1. The van der Waals surface area contributed by atoms with Crippen molar-refractivity contribution in [2.45, 2.75) is 24.7 Å². The first-order valence-electron chi connectivity index (χ1n) is 6.68. The molecule has 0 bridgehead atoms. The minimum atomic E-state index is -3.53. The lowest BCUT2D eigenvalue weighted by atomic mass is 10.4. The van der Waals surface area contributed by atoms with Crippen molar-refractivity contribution in [2.75, 3.05) is 39.2 Å². The van der Waals surface area contributed by atoms with E-state index in [1.807, 2.05) is 6.92 Å². The number of anilines is 1. The van der Waals surface area contributed by atoms with Gasteiger partial charge in [-0.15, -0.1) is 0 Å². The highest BCUT2D eigenvalue weighted by Crippen LogP contribution is 2.21. The molecule has 0 aliphatic heterocycles. The Morgan fingerprint density at radius 1 is 1.45 bits per heavy atom. The van der Waals surface area contributed by atoms with Crippen molar-refractivity contribution in [3.05, 3.63) is 18.3 Å². The van der Waals surface area contributed by atoms with Crippen LogP contribution in [0.25, 0.3) is 0 Å². The van der Waals surface area contributed by atoms with Gasteiger partial charge in [-0.2, -0.15) is 0 Å². The topological polar surface area (TPSA) is 71.5 Å². The second-order valence-corrected chi connectivity index (χ2v) is 6.46. The lowest BCUT2D eigenvalue weighted by molar-refractivity contribution is 0.189. The van der Waals surface area contributed by atoms with Gasteiger partial charge in [-0.1, -0.05) is 6.92 Å². The average Bonchev–Trinajstić information content (AvgIpc) is 2.45. The molecule has 0 radical (unpaired) electrons. The highest BCUT2D eigenvalue weighted by Gasteiger charge is 2.24. The van der Waals surface area contributed by atoms with E-state index in [2.05, 4.69) is 10.3 Å². The van der Waals surface area contributed by atoms with Crippen LogP contribution in [0.3, 0.4) is 0 Å². The van der Waals surface area contributed by atoms with Crippen LogP contribution in [-0.2, 0) is 14.8 Å². The van der Waals surface area contributed by atoms with E-state index in [0.29, 0.717) is 31.9 Å². The number of ether oxygens (including phenoxy) is 1. The van der Waals surface area contributed by atoms with E-state index in [9.17, 15) is 8.42 Å². The average molecular weight is 301 g/mol. The zero-order chi connectivity index (χ0) is 15.0. The molecule has 1 N–H and O–H groups in total. The Morgan fingerprint density at radius 3 is 2.85 bits per heavy atom. The Hall–Kier alpha value is -1.18. The van der Waals surface area contributed by atoms with Gasteiger partial charge < -0.3 is 10.1 Å². The highest BCUT2D eigenvalue weighted by atomic mass is 32.2. The van der Waals surface area contributed by atoms with Crippen LogP contribution in [-0.4, -0.2) is 51.6 Å². The van der Waals surface area contributed by atoms with Crippen LogP contribution < -0.4 is 5.32 Å². The van der Waals surface area contributed by atoms with E-state index >= 15 is 0 Å². The van der Waals surface area contributed by atoms with E-state index in [1.165, 1.54) is 4.31 Å². The van der Waals surface area contributed by atoms with Crippen molar-refractivity contribution in [3.8, 4) is 0 Å². The second kappa shape index (κ2) is 8.18. The number of methoxy groups -OCH3 is 1. The molecule has 0 saturated heterocycles. The van der Waals surface area contributed by atoms with Crippen molar-refractivity contribution in [1.29, 1.82) is 0 Å². The third kappa shape index (κ3) is 4.43. The summed E-state index contributed by atoms with van der Waals surface area (Å²) in [6.07, 6.45) is 3.14. The maximum atomic E-state index is 12.5. The van der Waals surface area contributed by atoms with Crippen LogP contribution in [0.1, 0.15) is 19.8 Å². The highest BCUT2D eigenvalue weighted by molar-refractivity contribution is 7.89. The monoisotopic (exact) mass is 301 g/mol. The SMILES string of the molecule is CCCNc1ncccc1S(=O)(=O)N(C)CCCOC. The molecule has 0 saturated carbocycles. The largest absolute Gasteiger partial charge is 0.385 e. The third-order valence-corrected chi connectivity index (χ3v) is 4.71. The lowest BCUT2D eigenvalue weighted by Crippen LogP contribution is -2.29. The summed E-state index contributed by atoms with van der Waals surface area (Å²) < 4.78 is 31.3. The zero-order valence-electron chi connectivity index (χ0n) is 12.3. The molecule has 114 valence electrons. The van der Waals surface area contributed by atoms with Crippen LogP contribution in [0.5, 0.6) is 0 Å². The van der Waals surface area contributed by atoms with Crippen molar-refractivity contribution in [1.82, 2.24) is 9.29 Å². The molecule has 0 atom stereocenters. The molecule has 0 amide bonds. The summed E-state index contributed by atoms with van der Waals surface area (Å²) >= 11 is 0. The molecule has 1 aromatic rings. The smallest absolute Gasteiger partial charge is 0.246 e. The van der Waals surface area contributed by atoms with Gasteiger partial charge in [0.15, 0.2) is 0 Å². The molecule has 0 aromatic carbocycles. The minimum absolute atomic E-state index is 0.216. The number of nitrogens with one attached hydrogen (secondary N) is 1. The van der Waals surface area contributed by atoms with Crippen molar-refractivity contribution >= 4 is 15.8 Å². The molecule has 0 unspecified atom stereocenters. The number of aromatic nitrogens is 1. The van der Waals surface area contributed by atoms with Crippen LogP contribution in [0.4, 0.5) is 5.82 Å². The fourth-order valence-corrected chi connectivity index (χ4v) is 3.02. The molecule has 0 aliphatic rings. The van der Waals surface area contributed by atoms with Gasteiger partial charge in [0.25, 0.3) is 0 Å². The quantitative estimate of drug-likeness (QED) is 0.701. The lowest BCUT2D eigenvalue weighted by Gasteiger charge is -2.19. The Morgan fingerprint density at radius 2 is 2.20 bits per heavy atom. The van der Waals surface area contributed by atoms with E-state index < -0.39 is 10.0 Å². The van der Waals surface area contributed by atoms with E-state index in [0.717, 1.165) is 6.42 Å².